The van der Waals surface area contributed by atoms with Crippen LogP contribution in [0.2, 0.25) is 0 Å². The fourth-order valence-corrected chi connectivity index (χ4v) is 1.15. The predicted molar refractivity (Wildman–Crippen MR) is 43.9 cm³/mol. The Morgan fingerprint density at radius 1 is 1.08 bits per heavy atom. The molecule has 0 atom stereocenters. The van der Waals surface area contributed by atoms with Gasteiger partial charge < -0.3 is 0 Å². The number of thiol groups is 1. The molecule has 0 aliphatic carbocycles. The molecular formula is C8H7F3S. The highest BCUT2D eigenvalue weighted by molar-refractivity contribution is 7.80. The molecule has 0 saturated heterocycles. The molecule has 0 nitrogen and oxygen atoms in total. The lowest BCUT2D eigenvalue weighted by molar-refractivity contribution is 0.526. The number of rotatable bonds is 2. The molecule has 4 heteroatoms. The van der Waals surface area contributed by atoms with E-state index in [0.29, 0.717) is 17.9 Å². The van der Waals surface area contributed by atoms with E-state index in [1.807, 2.05) is 0 Å². The van der Waals surface area contributed by atoms with E-state index in [1.54, 1.807) is 0 Å². The molecule has 1 aromatic rings. The van der Waals surface area contributed by atoms with Crippen molar-refractivity contribution in [2.24, 2.45) is 0 Å². The van der Waals surface area contributed by atoms with E-state index in [4.69, 9.17) is 0 Å². The maximum atomic E-state index is 12.8. The molecule has 1 aromatic carbocycles. The van der Waals surface area contributed by atoms with Crippen LogP contribution >= 0.6 is 12.6 Å². The average molecular weight is 192 g/mol. The van der Waals surface area contributed by atoms with Crippen LogP contribution in [0.5, 0.6) is 0 Å². The lowest BCUT2D eigenvalue weighted by atomic mass is 10.1. The molecule has 0 saturated carbocycles. The topological polar surface area (TPSA) is 0 Å². The Morgan fingerprint density at radius 3 is 2.00 bits per heavy atom. The van der Waals surface area contributed by atoms with Gasteiger partial charge in [-0.15, -0.1) is 0 Å². The van der Waals surface area contributed by atoms with Gasteiger partial charge in [-0.25, -0.2) is 13.2 Å². The highest BCUT2D eigenvalue weighted by atomic mass is 32.1. The van der Waals surface area contributed by atoms with E-state index in [-0.39, 0.29) is 12.0 Å². The molecule has 0 bridgehead atoms. The lowest BCUT2D eigenvalue weighted by Gasteiger charge is -2.02. The van der Waals surface area contributed by atoms with Gasteiger partial charge in [0.2, 0.25) is 0 Å². The van der Waals surface area contributed by atoms with Gasteiger partial charge in [0.25, 0.3) is 0 Å². The summed E-state index contributed by atoms with van der Waals surface area (Å²) in [5.74, 6) is -2.25. The van der Waals surface area contributed by atoms with Crippen molar-refractivity contribution in [3.63, 3.8) is 0 Å². The van der Waals surface area contributed by atoms with Crippen LogP contribution in [0.4, 0.5) is 13.2 Å². The predicted octanol–water partition coefficient (Wildman–Crippen LogP) is 2.58. The molecular weight excluding hydrogens is 185 g/mol. The minimum absolute atomic E-state index is 0.105. The Morgan fingerprint density at radius 2 is 1.58 bits per heavy atom. The van der Waals surface area contributed by atoms with E-state index < -0.39 is 17.5 Å². The third-order valence-corrected chi connectivity index (χ3v) is 1.69. The molecule has 0 aliphatic rings. The van der Waals surface area contributed by atoms with E-state index in [0.717, 1.165) is 0 Å². The number of benzene rings is 1. The van der Waals surface area contributed by atoms with E-state index in [1.165, 1.54) is 0 Å². The minimum Gasteiger partial charge on any atom is -0.207 e. The van der Waals surface area contributed by atoms with Gasteiger partial charge in [0.15, 0.2) is 0 Å². The van der Waals surface area contributed by atoms with Crippen molar-refractivity contribution in [1.82, 2.24) is 0 Å². The zero-order valence-corrected chi connectivity index (χ0v) is 7.04. The Bertz CT molecular complexity index is 263. The summed E-state index contributed by atoms with van der Waals surface area (Å²) in [6, 6.07) is 1.34. The van der Waals surface area contributed by atoms with Crippen LogP contribution in [0.15, 0.2) is 12.1 Å². The molecule has 0 spiro atoms. The molecule has 1 rings (SSSR count). The minimum atomic E-state index is -0.895. The smallest absolute Gasteiger partial charge is 0.132 e. The van der Waals surface area contributed by atoms with Crippen LogP contribution in [-0.4, -0.2) is 5.75 Å². The highest BCUT2D eigenvalue weighted by Crippen LogP contribution is 2.15. The van der Waals surface area contributed by atoms with Crippen molar-refractivity contribution in [3.05, 3.63) is 35.1 Å². The van der Waals surface area contributed by atoms with Crippen molar-refractivity contribution < 1.29 is 13.2 Å². The number of hydrogen-bond donors (Lipinski definition) is 1. The van der Waals surface area contributed by atoms with E-state index in [2.05, 4.69) is 12.6 Å². The van der Waals surface area contributed by atoms with Gasteiger partial charge in [-0.3, -0.25) is 0 Å². The molecule has 0 aromatic heterocycles. The van der Waals surface area contributed by atoms with Crippen LogP contribution in [0.3, 0.4) is 0 Å². The quantitative estimate of drug-likeness (QED) is 0.684. The highest BCUT2D eigenvalue weighted by Gasteiger charge is 2.09. The van der Waals surface area contributed by atoms with Crippen LogP contribution < -0.4 is 0 Å². The average Bonchev–Trinajstić information content (AvgIpc) is 1.96. The van der Waals surface area contributed by atoms with Crippen molar-refractivity contribution in [2.45, 2.75) is 6.42 Å². The fraction of sp³-hybridized carbons (Fsp3) is 0.250. The fourth-order valence-electron chi connectivity index (χ4n) is 0.923. The first-order valence-electron chi connectivity index (χ1n) is 3.39. The monoisotopic (exact) mass is 192 g/mol. The molecule has 0 N–H and O–H groups in total. The third-order valence-electron chi connectivity index (χ3n) is 1.47. The molecule has 0 aliphatic heterocycles. The molecule has 66 valence electrons. The van der Waals surface area contributed by atoms with Crippen molar-refractivity contribution >= 4 is 12.6 Å². The summed E-state index contributed by atoms with van der Waals surface area (Å²) in [6.45, 7) is 0. The van der Waals surface area contributed by atoms with Gasteiger partial charge in [-0.1, -0.05) is 0 Å². The summed E-state index contributed by atoms with van der Waals surface area (Å²) >= 11 is 3.83. The Kier molecular flexibility index (Phi) is 3.03. The molecule has 0 radical (unpaired) electrons. The van der Waals surface area contributed by atoms with Crippen LogP contribution in [0.25, 0.3) is 0 Å². The molecule has 0 fully saturated rings. The lowest BCUT2D eigenvalue weighted by Crippen LogP contribution is -1.98. The first-order chi connectivity index (χ1) is 5.65. The van der Waals surface area contributed by atoms with Gasteiger partial charge in [0.1, 0.15) is 17.5 Å². The summed E-state index contributed by atoms with van der Waals surface area (Å²) in [7, 11) is 0. The second-order valence-electron chi connectivity index (χ2n) is 2.32. The first kappa shape index (κ1) is 9.45. The Balaban J connectivity index is 3.10. The van der Waals surface area contributed by atoms with Gasteiger partial charge in [0.05, 0.1) is 0 Å². The van der Waals surface area contributed by atoms with Crippen molar-refractivity contribution in [1.29, 1.82) is 0 Å². The van der Waals surface area contributed by atoms with Crippen molar-refractivity contribution in [2.75, 3.05) is 5.75 Å². The molecule has 0 amide bonds. The summed E-state index contributed by atoms with van der Waals surface area (Å²) in [5, 5.41) is 0. The van der Waals surface area contributed by atoms with Crippen LogP contribution in [-0.2, 0) is 6.42 Å². The van der Waals surface area contributed by atoms with Crippen LogP contribution in [0.1, 0.15) is 5.56 Å². The van der Waals surface area contributed by atoms with E-state index >= 15 is 0 Å². The molecule has 0 heterocycles. The maximum absolute atomic E-state index is 12.8. The number of hydrogen-bond acceptors (Lipinski definition) is 1. The molecule has 0 unspecified atom stereocenters. The van der Waals surface area contributed by atoms with Gasteiger partial charge >= 0.3 is 0 Å². The maximum Gasteiger partial charge on any atom is 0.132 e. The van der Waals surface area contributed by atoms with Crippen LogP contribution in [0, 0.1) is 17.5 Å². The SMILES string of the molecule is Fc1cc(F)c(CCS)c(F)c1. The van der Waals surface area contributed by atoms with Gasteiger partial charge in [0, 0.05) is 17.7 Å². The molecule has 12 heavy (non-hydrogen) atoms. The Labute approximate surface area is 73.8 Å². The normalized spacial score (nSPS) is 10.3. The van der Waals surface area contributed by atoms with Gasteiger partial charge in [-0.05, 0) is 12.2 Å². The second kappa shape index (κ2) is 3.85. The first-order valence-corrected chi connectivity index (χ1v) is 4.02. The summed E-state index contributed by atoms with van der Waals surface area (Å²) in [4.78, 5) is 0. The summed E-state index contributed by atoms with van der Waals surface area (Å²) in [5.41, 5.74) is -0.105. The standard InChI is InChI=1S/C8H7F3S/c9-5-3-7(10)6(1-2-12)8(11)4-5/h3-4,12H,1-2H2. The Hall–Kier alpha value is -0.640. The van der Waals surface area contributed by atoms with E-state index in [9.17, 15) is 13.2 Å². The zero-order valence-electron chi connectivity index (χ0n) is 6.15. The largest absolute Gasteiger partial charge is 0.207 e. The zero-order chi connectivity index (χ0) is 9.14. The van der Waals surface area contributed by atoms with Gasteiger partial charge in [-0.2, -0.15) is 12.6 Å². The second-order valence-corrected chi connectivity index (χ2v) is 2.77. The summed E-state index contributed by atoms with van der Waals surface area (Å²) < 4.78 is 37.9. The van der Waals surface area contributed by atoms with Crippen molar-refractivity contribution in [3.8, 4) is 0 Å². The number of halogens is 3. The summed E-state index contributed by atoms with van der Waals surface area (Å²) in [6.07, 6.45) is 0.168. The third kappa shape index (κ3) is 1.94.